The van der Waals surface area contributed by atoms with Gasteiger partial charge in [0.25, 0.3) is 5.91 Å². The Morgan fingerprint density at radius 3 is 2.67 bits per heavy atom. The molecule has 0 bridgehead atoms. The lowest BCUT2D eigenvalue weighted by Gasteiger charge is -2.18. The highest BCUT2D eigenvalue weighted by molar-refractivity contribution is 5.98. The first kappa shape index (κ1) is 19.3. The van der Waals surface area contributed by atoms with E-state index in [2.05, 4.69) is 10.4 Å². The van der Waals surface area contributed by atoms with Crippen molar-refractivity contribution in [3.05, 3.63) is 53.3 Å². The van der Waals surface area contributed by atoms with E-state index in [0.29, 0.717) is 17.8 Å². The fraction of sp³-hybridized carbons (Fsp3) is 0.476. The molecule has 1 aliphatic rings. The number of carbonyl (C=O) groups excluding carboxylic acids is 2. The fourth-order valence-electron chi connectivity index (χ4n) is 3.59. The number of hydrogen-bond donors (Lipinski definition) is 1. The molecule has 1 heterocycles. The zero-order valence-corrected chi connectivity index (χ0v) is 16.1. The van der Waals surface area contributed by atoms with Crippen LogP contribution in [-0.2, 0) is 4.74 Å². The molecule has 27 heavy (non-hydrogen) atoms. The van der Waals surface area contributed by atoms with Gasteiger partial charge in [0.2, 0.25) is 0 Å². The van der Waals surface area contributed by atoms with Crippen LogP contribution in [0.4, 0.5) is 0 Å². The highest BCUT2D eigenvalue weighted by Gasteiger charge is 2.28. The van der Waals surface area contributed by atoms with Crippen molar-refractivity contribution < 1.29 is 14.3 Å². The van der Waals surface area contributed by atoms with Crippen LogP contribution in [0.2, 0.25) is 0 Å². The molecule has 0 aliphatic heterocycles. The third kappa shape index (κ3) is 4.27. The van der Waals surface area contributed by atoms with Gasteiger partial charge in [-0.2, -0.15) is 5.10 Å². The van der Waals surface area contributed by atoms with Crippen molar-refractivity contribution in [2.75, 3.05) is 7.11 Å². The van der Waals surface area contributed by atoms with E-state index >= 15 is 0 Å². The first-order valence-corrected chi connectivity index (χ1v) is 9.54. The van der Waals surface area contributed by atoms with E-state index in [1.807, 2.05) is 37.3 Å². The number of hydrogen-bond acceptors (Lipinski definition) is 4. The topological polar surface area (TPSA) is 73.2 Å². The summed E-state index contributed by atoms with van der Waals surface area (Å²) in [6.07, 6.45) is 3.20. The Labute approximate surface area is 159 Å². The van der Waals surface area contributed by atoms with Crippen LogP contribution in [0.3, 0.4) is 0 Å². The lowest BCUT2D eigenvalue weighted by molar-refractivity contribution is 0.0903. The van der Waals surface area contributed by atoms with Gasteiger partial charge in [-0.05, 0) is 31.7 Å². The van der Waals surface area contributed by atoms with Crippen molar-refractivity contribution in [2.24, 2.45) is 0 Å². The molecule has 6 nitrogen and oxygen atoms in total. The van der Waals surface area contributed by atoms with Crippen LogP contribution in [0, 0.1) is 0 Å². The summed E-state index contributed by atoms with van der Waals surface area (Å²) in [6.45, 7) is 3.78. The Kier molecular flexibility index (Phi) is 6.06. The lowest BCUT2D eigenvalue weighted by Crippen LogP contribution is -2.35. The molecular formula is C21H27N3O3. The van der Waals surface area contributed by atoms with E-state index in [1.165, 1.54) is 0 Å². The maximum absolute atomic E-state index is 13.0. The highest BCUT2D eigenvalue weighted by Crippen LogP contribution is 2.24. The first-order chi connectivity index (χ1) is 13.0. The summed E-state index contributed by atoms with van der Waals surface area (Å²) in [6, 6.07) is 11.4. The lowest BCUT2D eigenvalue weighted by atomic mass is 10.1. The van der Waals surface area contributed by atoms with Crippen molar-refractivity contribution in [1.82, 2.24) is 15.1 Å². The van der Waals surface area contributed by atoms with Crippen molar-refractivity contribution >= 4 is 11.7 Å². The minimum Gasteiger partial charge on any atom is -0.381 e. The van der Waals surface area contributed by atoms with E-state index < -0.39 is 0 Å². The number of amides is 1. The summed E-state index contributed by atoms with van der Waals surface area (Å²) in [5, 5.41) is 7.55. The molecule has 1 aromatic heterocycles. The highest BCUT2D eigenvalue weighted by atomic mass is 16.5. The predicted molar refractivity (Wildman–Crippen MR) is 103 cm³/mol. The molecule has 1 saturated carbocycles. The van der Waals surface area contributed by atoms with Gasteiger partial charge in [-0.3, -0.25) is 14.3 Å². The van der Waals surface area contributed by atoms with Crippen molar-refractivity contribution in [1.29, 1.82) is 0 Å². The average molecular weight is 369 g/mol. The number of rotatable bonds is 7. The van der Waals surface area contributed by atoms with Gasteiger partial charge in [-0.1, -0.05) is 37.3 Å². The number of nitrogens with zero attached hydrogens (tertiary/aromatic N) is 2. The number of carbonyl (C=O) groups is 2. The zero-order chi connectivity index (χ0) is 19.4. The largest absolute Gasteiger partial charge is 0.381 e. The summed E-state index contributed by atoms with van der Waals surface area (Å²) in [5.74, 6) is -0.259. The maximum Gasteiger partial charge on any atom is 0.269 e. The standard InChI is InChI=1S/C21H27N3O3/c1-4-20(25)18-13-19(21(26)22-16-10-11-17(12-16)27-3)24(23-18)14(2)15-8-6-5-7-9-15/h5-9,13-14,16-17H,4,10-12H2,1-3H3,(H,22,26)/t14-,16-,17-/m0/s1. The molecule has 1 aliphatic carbocycles. The van der Waals surface area contributed by atoms with Gasteiger partial charge in [0.15, 0.2) is 5.78 Å². The minimum absolute atomic E-state index is 0.0663. The molecule has 0 saturated heterocycles. The Morgan fingerprint density at radius 2 is 2.04 bits per heavy atom. The number of Topliss-reactive ketones (excluding diaryl/α,β-unsaturated/α-hetero) is 1. The Morgan fingerprint density at radius 1 is 1.30 bits per heavy atom. The van der Waals surface area contributed by atoms with Crippen molar-refractivity contribution in [2.45, 2.75) is 57.7 Å². The van der Waals surface area contributed by atoms with Gasteiger partial charge in [0.05, 0.1) is 12.1 Å². The van der Waals surface area contributed by atoms with E-state index in [1.54, 1.807) is 24.8 Å². The molecule has 3 atom stereocenters. The third-order valence-electron chi connectivity index (χ3n) is 5.28. The van der Waals surface area contributed by atoms with Gasteiger partial charge in [0, 0.05) is 25.6 Å². The van der Waals surface area contributed by atoms with Crippen LogP contribution >= 0.6 is 0 Å². The molecule has 0 spiro atoms. The van der Waals surface area contributed by atoms with Crippen LogP contribution in [0.25, 0.3) is 0 Å². The van der Waals surface area contributed by atoms with Gasteiger partial charge in [-0.25, -0.2) is 0 Å². The molecule has 1 N–H and O–H groups in total. The molecule has 0 unspecified atom stereocenters. The molecule has 6 heteroatoms. The monoisotopic (exact) mass is 369 g/mol. The van der Waals surface area contributed by atoms with Gasteiger partial charge >= 0.3 is 0 Å². The number of benzene rings is 1. The Balaban J connectivity index is 1.87. The summed E-state index contributed by atoms with van der Waals surface area (Å²) < 4.78 is 7.05. The van der Waals surface area contributed by atoms with Crippen molar-refractivity contribution in [3.8, 4) is 0 Å². The van der Waals surface area contributed by atoms with Crippen LogP contribution in [-0.4, -0.2) is 40.7 Å². The number of nitrogens with one attached hydrogen (secondary N) is 1. The number of ketones is 1. The molecule has 0 radical (unpaired) electrons. The summed E-state index contributed by atoms with van der Waals surface area (Å²) in [5.41, 5.74) is 1.79. The predicted octanol–water partition coefficient (Wildman–Crippen LogP) is 3.38. The second kappa shape index (κ2) is 8.48. The van der Waals surface area contributed by atoms with E-state index in [-0.39, 0.29) is 29.9 Å². The minimum atomic E-state index is -0.192. The molecule has 2 aromatic rings. The van der Waals surface area contributed by atoms with E-state index in [9.17, 15) is 9.59 Å². The van der Waals surface area contributed by atoms with E-state index in [0.717, 1.165) is 24.8 Å². The van der Waals surface area contributed by atoms with Gasteiger partial charge in [0.1, 0.15) is 11.4 Å². The average Bonchev–Trinajstić information content (AvgIpc) is 3.34. The van der Waals surface area contributed by atoms with Gasteiger partial charge in [-0.15, -0.1) is 0 Å². The molecule has 1 amide bonds. The van der Waals surface area contributed by atoms with Crippen LogP contribution in [0.15, 0.2) is 36.4 Å². The Bertz CT molecular complexity index is 800. The van der Waals surface area contributed by atoms with Crippen LogP contribution < -0.4 is 5.32 Å². The number of ether oxygens (including phenoxy) is 1. The maximum atomic E-state index is 13.0. The molecule has 144 valence electrons. The van der Waals surface area contributed by atoms with Crippen molar-refractivity contribution in [3.63, 3.8) is 0 Å². The summed E-state index contributed by atoms with van der Waals surface area (Å²) >= 11 is 0. The molecule has 1 aromatic carbocycles. The fourth-order valence-corrected chi connectivity index (χ4v) is 3.59. The van der Waals surface area contributed by atoms with Crippen LogP contribution in [0.1, 0.15) is 72.1 Å². The summed E-state index contributed by atoms with van der Waals surface area (Å²) in [4.78, 5) is 25.1. The quantitative estimate of drug-likeness (QED) is 0.760. The normalized spacial score (nSPS) is 20.4. The molecule has 1 fully saturated rings. The second-order valence-electron chi connectivity index (χ2n) is 7.06. The van der Waals surface area contributed by atoms with E-state index in [4.69, 9.17) is 4.74 Å². The Hall–Kier alpha value is -2.47. The number of methoxy groups -OCH3 is 1. The third-order valence-corrected chi connectivity index (χ3v) is 5.28. The van der Waals surface area contributed by atoms with Crippen LogP contribution in [0.5, 0.6) is 0 Å². The van der Waals surface area contributed by atoms with Gasteiger partial charge < -0.3 is 10.1 Å². The first-order valence-electron chi connectivity index (χ1n) is 9.54. The SMILES string of the molecule is CCC(=O)c1cc(C(=O)N[C@H]2CC[C@H](OC)C2)n([C@@H](C)c2ccccc2)n1. The molecular weight excluding hydrogens is 342 g/mol. The molecule has 3 rings (SSSR count). The summed E-state index contributed by atoms with van der Waals surface area (Å²) in [7, 11) is 1.70. The zero-order valence-electron chi connectivity index (χ0n) is 16.1. The smallest absolute Gasteiger partial charge is 0.269 e. The number of aromatic nitrogens is 2. The second-order valence-corrected chi connectivity index (χ2v) is 7.06.